The fraction of sp³-hybridized carbons (Fsp3) is 0.364. The normalized spacial score (nSPS) is 15.4. The maximum atomic E-state index is 12.9. The molecule has 1 saturated heterocycles. The Balaban J connectivity index is 1.51. The summed E-state index contributed by atoms with van der Waals surface area (Å²) in [6.45, 7) is 5.00. The highest BCUT2D eigenvalue weighted by Crippen LogP contribution is 2.25. The Hall–Kier alpha value is -2.91. The summed E-state index contributed by atoms with van der Waals surface area (Å²) in [5.41, 5.74) is 1.28. The first kappa shape index (κ1) is 22.8. The predicted molar refractivity (Wildman–Crippen MR) is 116 cm³/mol. The second-order valence-corrected chi connectivity index (χ2v) is 9.31. The summed E-state index contributed by atoms with van der Waals surface area (Å²) < 4.78 is 32.3. The molecule has 0 bridgehead atoms. The second kappa shape index (κ2) is 10.4. The molecule has 2 heterocycles. The molecule has 0 unspecified atom stereocenters. The van der Waals surface area contributed by atoms with E-state index in [4.69, 9.17) is 4.42 Å². The summed E-state index contributed by atoms with van der Waals surface area (Å²) in [7, 11) is -3.81. The summed E-state index contributed by atoms with van der Waals surface area (Å²) in [6, 6.07) is 11.0. The summed E-state index contributed by atoms with van der Waals surface area (Å²) in [6.07, 6.45) is 4.32. The van der Waals surface area contributed by atoms with Crippen LogP contribution < -0.4 is 10.6 Å². The third kappa shape index (κ3) is 6.05. The van der Waals surface area contributed by atoms with Crippen molar-refractivity contribution in [2.45, 2.75) is 24.4 Å². The number of hydrogen-bond donors (Lipinski definition) is 2. The largest absolute Gasteiger partial charge is 0.451 e. The molecule has 31 heavy (non-hydrogen) atoms. The van der Waals surface area contributed by atoms with Crippen LogP contribution >= 0.6 is 0 Å². The van der Waals surface area contributed by atoms with Gasteiger partial charge in [0.25, 0.3) is 15.9 Å². The van der Waals surface area contributed by atoms with Crippen LogP contribution in [0.4, 0.5) is 0 Å². The Bertz CT molecular complexity index is 1010. The van der Waals surface area contributed by atoms with Crippen molar-refractivity contribution in [1.29, 1.82) is 0 Å². The SMILES string of the molecule is C=CC(=O)NCC1CCN(S(=O)(=O)c2cc(C(=O)NCCc3ccccc3)co2)CC1. The molecule has 1 aromatic heterocycles. The van der Waals surface area contributed by atoms with Gasteiger partial charge in [0.05, 0.1) is 5.56 Å². The lowest BCUT2D eigenvalue weighted by Crippen LogP contribution is -2.41. The second-order valence-electron chi connectivity index (χ2n) is 7.44. The van der Waals surface area contributed by atoms with E-state index < -0.39 is 10.0 Å². The molecule has 0 spiro atoms. The number of sulfonamides is 1. The number of amides is 2. The molecule has 9 heteroatoms. The van der Waals surface area contributed by atoms with Gasteiger partial charge in [-0.05, 0) is 36.8 Å². The number of benzene rings is 1. The molecule has 3 rings (SSSR count). The van der Waals surface area contributed by atoms with E-state index in [0.717, 1.165) is 5.56 Å². The highest BCUT2D eigenvalue weighted by atomic mass is 32.2. The van der Waals surface area contributed by atoms with Crippen molar-refractivity contribution in [2.24, 2.45) is 5.92 Å². The van der Waals surface area contributed by atoms with Gasteiger partial charge < -0.3 is 15.1 Å². The van der Waals surface area contributed by atoms with Crippen molar-refractivity contribution in [1.82, 2.24) is 14.9 Å². The average molecular weight is 446 g/mol. The molecule has 1 aliphatic heterocycles. The Morgan fingerprint density at radius 2 is 1.87 bits per heavy atom. The van der Waals surface area contributed by atoms with E-state index in [1.807, 2.05) is 30.3 Å². The minimum absolute atomic E-state index is 0.175. The van der Waals surface area contributed by atoms with E-state index in [1.54, 1.807) is 0 Å². The molecule has 0 radical (unpaired) electrons. The minimum atomic E-state index is -3.81. The van der Waals surface area contributed by atoms with Crippen LogP contribution in [0.1, 0.15) is 28.8 Å². The third-order valence-electron chi connectivity index (χ3n) is 5.30. The lowest BCUT2D eigenvalue weighted by atomic mass is 9.98. The van der Waals surface area contributed by atoms with Crippen LogP contribution in [0.25, 0.3) is 0 Å². The summed E-state index contributed by atoms with van der Waals surface area (Å²) >= 11 is 0. The first-order chi connectivity index (χ1) is 14.9. The summed E-state index contributed by atoms with van der Waals surface area (Å²) in [4.78, 5) is 23.6. The Morgan fingerprint density at radius 3 is 2.55 bits per heavy atom. The fourth-order valence-corrected chi connectivity index (χ4v) is 4.83. The highest BCUT2D eigenvalue weighted by molar-refractivity contribution is 7.89. The number of carbonyl (C=O) groups is 2. The molecule has 2 aromatic rings. The summed E-state index contributed by atoms with van der Waals surface area (Å²) in [5.74, 6) is -0.407. The van der Waals surface area contributed by atoms with E-state index >= 15 is 0 Å². The van der Waals surface area contributed by atoms with Crippen LogP contribution in [-0.4, -0.2) is 50.7 Å². The molecular weight excluding hydrogens is 418 g/mol. The lowest BCUT2D eigenvalue weighted by Gasteiger charge is -2.30. The molecule has 166 valence electrons. The Morgan fingerprint density at radius 1 is 1.16 bits per heavy atom. The van der Waals surface area contributed by atoms with Gasteiger partial charge in [-0.15, -0.1) is 0 Å². The summed E-state index contributed by atoms with van der Waals surface area (Å²) in [5, 5.41) is 5.28. The van der Waals surface area contributed by atoms with E-state index in [1.165, 1.54) is 22.7 Å². The zero-order valence-corrected chi connectivity index (χ0v) is 18.1. The van der Waals surface area contributed by atoms with E-state index in [2.05, 4.69) is 17.2 Å². The number of furan rings is 1. The van der Waals surface area contributed by atoms with Gasteiger partial charge in [0.1, 0.15) is 6.26 Å². The van der Waals surface area contributed by atoms with Gasteiger partial charge >= 0.3 is 0 Å². The predicted octanol–water partition coefficient (Wildman–Crippen LogP) is 1.96. The number of hydrogen-bond acceptors (Lipinski definition) is 5. The van der Waals surface area contributed by atoms with E-state index in [0.29, 0.717) is 45.4 Å². The van der Waals surface area contributed by atoms with Crippen molar-refractivity contribution >= 4 is 21.8 Å². The van der Waals surface area contributed by atoms with Crippen molar-refractivity contribution in [3.8, 4) is 0 Å². The molecule has 1 aliphatic rings. The van der Waals surface area contributed by atoms with Gasteiger partial charge in [-0.25, -0.2) is 8.42 Å². The topological polar surface area (TPSA) is 109 Å². The molecule has 8 nitrogen and oxygen atoms in total. The van der Waals surface area contributed by atoms with Crippen LogP contribution in [-0.2, 0) is 21.2 Å². The molecule has 1 aromatic carbocycles. The number of piperidine rings is 1. The smallest absolute Gasteiger partial charge is 0.276 e. The minimum Gasteiger partial charge on any atom is -0.451 e. The van der Waals surface area contributed by atoms with Gasteiger partial charge in [-0.2, -0.15) is 4.31 Å². The highest BCUT2D eigenvalue weighted by Gasteiger charge is 2.32. The fourth-order valence-electron chi connectivity index (χ4n) is 3.44. The average Bonchev–Trinajstić information content (AvgIpc) is 3.30. The van der Waals surface area contributed by atoms with E-state index in [-0.39, 0.29) is 28.4 Å². The maximum absolute atomic E-state index is 12.9. The quantitative estimate of drug-likeness (QED) is 0.574. The van der Waals surface area contributed by atoms with Crippen molar-refractivity contribution in [3.63, 3.8) is 0 Å². The Labute approximate surface area is 182 Å². The standard InChI is InChI=1S/C22H27N3O5S/c1-2-20(26)24-15-18-9-12-25(13-10-18)31(28,29)21-14-19(16-30-21)22(27)23-11-8-17-6-4-3-5-7-17/h2-7,14,16,18H,1,8-13,15H2,(H,23,27)(H,24,26). The van der Waals surface area contributed by atoms with Crippen LogP contribution in [0.2, 0.25) is 0 Å². The van der Waals surface area contributed by atoms with Crippen molar-refractivity contribution < 1.29 is 22.4 Å². The molecular formula is C22H27N3O5S. The first-order valence-electron chi connectivity index (χ1n) is 10.2. The van der Waals surface area contributed by atoms with Gasteiger partial charge in [0, 0.05) is 32.2 Å². The monoisotopic (exact) mass is 445 g/mol. The van der Waals surface area contributed by atoms with Crippen LogP contribution in [0.5, 0.6) is 0 Å². The zero-order valence-electron chi connectivity index (χ0n) is 17.2. The van der Waals surface area contributed by atoms with Gasteiger partial charge in [-0.3, -0.25) is 9.59 Å². The van der Waals surface area contributed by atoms with Crippen molar-refractivity contribution in [2.75, 3.05) is 26.2 Å². The molecule has 1 fully saturated rings. The van der Waals surface area contributed by atoms with Crippen molar-refractivity contribution in [3.05, 3.63) is 66.4 Å². The third-order valence-corrected chi connectivity index (χ3v) is 7.07. The number of nitrogens with one attached hydrogen (secondary N) is 2. The molecule has 2 amide bonds. The lowest BCUT2D eigenvalue weighted by molar-refractivity contribution is -0.116. The van der Waals surface area contributed by atoms with Crippen LogP contribution in [0.15, 0.2) is 64.8 Å². The molecule has 0 saturated carbocycles. The van der Waals surface area contributed by atoms with E-state index in [9.17, 15) is 18.0 Å². The molecule has 2 N–H and O–H groups in total. The zero-order chi connectivity index (χ0) is 22.3. The van der Waals surface area contributed by atoms with Gasteiger partial charge in [-0.1, -0.05) is 36.9 Å². The molecule has 0 atom stereocenters. The van der Waals surface area contributed by atoms with Gasteiger partial charge in [0.15, 0.2) is 0 Å². The number of carbonyl (C=O) groups excluding carboxylic acids is 2. The first-order valence-corrected chi connectivity index (χ1v) is 11.6. The number of nitrogens with zero attached hydrogens (tertiary/aromatic N) is 1. The molecule has 0 aliphatic carbocycles. The Kier molecular flexibility index (Phi) is 7.64. The van der Waals surface area contributed by atoms with Crippen LogP contribution in [0, 0.1) is 5.92 Å². The van der Waals surface area contributed by atoms with Crippen LogP contribution in [0.3, 0.4) is 0 Å². The van der Waals surface area contributed by atoms with Gasteiger partial charge in [0.2, 0.25) is 11.0 Å². The number of rotatable bonds is 9. The maximum Gasteiger partial charge on any atom is 0.276 e.